The maximum atomic E-state index is 13.1. The van der Waals surface area contributed by atoms with Crippen LogP contribution in [0.3, 0.4) is 0 Å². The fraction of sp³-hybridized carbons (Fsp3) is 0.500. The van der Waals surface area contributed by atoms with Gasteiger partial charge in [0.25, 0.3) is 0 Å². The molecule has 112 valence electrons. The molecule has 0 saturated heterocycles. The van der Waals surface area contributed by atoms with Crippen LogP contribution in [-0.2, 0) is 4.74 Å². The van der Waals surface area contributed by atoms with Crippen LogP contribution in [-0.4, -0.2) is 24.8 Å². The second kappa shape index (κ2) is 6.98. The Morgan fingerprint density at radius 1 is 1.40 bits per heavy atom. The third kappa shape index (κ3) is 6.26. The molecule has 1 aromatic carbocycles. The van der Waals surface area contributed by atoms with Crippen LogP contribution in [0.25, 0.3) is 0 Å². The Labute approximate surface area is 118 Å². The number of carbonyl (C=O) groups excluding carboxylic acids is 1. The molecule has 5 nitrogen and oxygen atoms in total. The number of ether oxygens (including phenoxy) is 2. The number of anilines is 1. The smallest absolute Gasteiger partial charge is 0.407 e. The van der Waals surface area contributed by atoms with E-state index in [4.69, 9.17) is 15.2 Å². The van der Waals surface area contributed by atoms with E-state index in [2.05, 4.69) is 5.32 Å². The van der Waals surface area contributed by atoms with E-state index in [1.807, 2.05) is 0 Å². The van der Waals surface area contributed by atoms with Crippen LogP contribution in [0.15, 0.2) is 18.2 Å². The molecule has 0 bridgehead atoms. The first kappa shape index (κ1) is 16.1. The normalized spacial score (nSPS) is 11.0. The Bertz CT molecular complexity index is 458. The maximum absolute atomic E-state index is 13.1. The molecule has 0 aliphatic carbocycles. The van der Waals surface area contributed by atoms with Crippen molar-refractivity contribution >= 4 is 11.8 Å². The first-order chi connectivity index (χ1) is 9.28. The van der Waals surface area contributed by atoms with Crippen molar-refractivity contribution in [2.45, 2.75) is 32.8 Å². The van der Waals surface area contributed by atoms with Gasteiger partial charge in [-0.05, 0) is 39.3 Å². The fourth-order valence-electron chi connectivity index (χ4n) is 1.36. The molecule has 0 saturated carbocycles. The highest BCUT2D eigenvalue weighted by Crippen LogP contribution is 2.17. The van der Waals surface area contributed by atoms with Gasteiger partial charge in [-0.25, -0.2) is 9.18 Å². The summed E-state index contributed by atoms with van der Waals surface area (Å²) in [6.45, 7) is 6.17. The largest absolute Gasteiger partial charge is 0.493 e. The minimum Gasteiger partial charge on any atom is -0.493 e. The van der Waals surface area contributed by atoms with Gasteiger partial charge in [0.2, 0.25) is 0 Å². The summed E-state index contributed by atoms with van der Waals surface area (Å²) in [6.07, 6.45) is 0.127. The lowest BCUT2D eigenvalue weighted by atomic mass is 10.2. The Morgan fingerprint density at radius 3 is 2.70 bits per heavy atom. The predicted molar refractivity (Wildman–Crippen MR) is 75.2 cm³/mol. The third-order valence-corrected chi connectivity index (χ3v) is 2.23. The second-order valence-electron chi connectivity index (χ2n) is 5.31. The van der Waals surface area contributed by atoms with Crippen LogP contribution in [0.2, 0.25) is 0 Å². The number of benzene rings is 1. The van der Waals surface area contributed by atoms with Crippen molar-refractivity contribution in [3.8, 4) is 5.75 Å². The zero-order valence-corrected chi connectivity index (χ0v) is 12.0. The Balaban J connectivity index is 2.19. The third-order valence-electron chi connectivity index (χ3n) is 2.23. The molecule has 0 aliphatic heterocycles. The number of nitrogen functional groups attached to an aromatic ring is 1. The van der Waals surface area contributed by atoms with Crippen molar-refractivity contribution in [2.24, 2.45) is 0 Å². The molecular weight excluding hydrogens is 263 g/mol. The average Bonchev–Trinajstić information content (AvgIpc) is 2.31. The van der Waals surface area contributed by atoms with Gasteiger partial charge in [-0.1, -0.05) is 0 Å². The molecule has 0 heterocycles. The van der Waals surface area contributed by atoms with Crippen molar-refractivity contribution in [1.82, 2.24) is 5.32 Å². The predicted octanol–water partition coefficient (Wildman–Crippen LogP) is 2.70. The molecule has 0 fully saturated rings. The number of alkyl carbamates (subject to hydrolysis) is 1. The number of nitrogens with two attached hydrogens (primary N) is 1. The quantitative estimate of drug-likeness (QED) is 0.644. The van der Waals surface area contributed by atoms with Gasteiger partial charge in [0.05, 0.1) is 12.3 Å². The zero-order valence-electron chi connectivity index (χ0n) is 12.0. The van der Waals surface area contributed by atoms with Crippen molar-refractivity contribution in [2.75, 3.05) is 18.9 Å². The molecule has 0 aliphatic rings. The minimum atomic E-state index is -0.512. The Kier molecular flexibility index (Phi) is 5.61. The first-order valence-corrected chi connectivity index (χ1v) is 6.42. The molecule has 1 rings (SSSR count). The van der Waals surface area contributed by atoms with Crippen LogP contribution >= 0.6 is 0 Å². The van der Waals surface area contributed by atoms with Crippen molar-refractivity contribution in [3.63, 3.8) is 0 Å². The molecule has 0 spiro atoms. The van der Waals surface area contributed by atoms with Gasteiger partial charge in [0, 0.05) is 12.6 Å². The van der Waals surface area contributed by atoms with Gasteiger partial charge in [-0.2, -0.15) is 0 Å². The summed E-state index contributed by atoms with van der Waals surface area (Å²) >= 11 is 0. The summed E-state index contributed by atoms with van der Waals surface area (Å²) in [4.78, 5) is 11.3. The molecule has 6 heteroatoms. The van der Waals surface area contributed by atoms with Gasteiger partial charge in [-0.15, -0.1) is 0 Å². The Hall–Kier alpha value is -1.98. The van der Waals surface area contributed by atoms with E-state index >= 15 is 0 Å². The van der Waals surface area contributed by atoms with E-state index in [0.29, 0.717) is 25.3 Å². The number of rotatable bonds is 5. The molecule has 0 radical (unpaired) electrons. The van der Waals surface area contributed by atoms with E-state index < -0.39 is 17.5 Å². The second-order valence-corrected chi connectivity index (χ2v) is 5.31. The topological polar surface area (TPSA) is 73.6 Å². The highest BCUT2D eigenvalue weighted by Gasteiger charge is 2.15. The molecule has 1 aromatic rings. The fourth-order valence-corrected chi connectivity index (χ4v) is 1.36. The highest BCUT2D eigenvalue weighted by molar-refractivity contribution is 5.67. The number of hydrogen-bond donors (Lipinski definition) is 2. The van der Waals surface area contributed by atoms with E-state index in [0.717, 1.165) is 0 Å². The average molecular weight is 284 g/mol. The summed E-state index contributed by atoms with van der Waals surface area (Å²) < 4.78 is 23.6. The molecule has 0 atom stereocenters. The molecule has 1 amide bonds. The molecule has 0 aromatic heterocycles. The van der Waals surface area contributed by atoms with Crippen LogP contribution in [0.4, 0.5) is 14.9 Å². The number of hydrogen-bond acceptors (Lipinski definition) is 4. The Morgan fingerprint density at radius 2 is 2.10 bits per heavy atom. The first-order valence-electron chi connectivity index (χ1n) is 6.42. The van der Waals surface area contributed by atoms with Crippen LogP contribution < -0.4 is 15.8 Å². The van der Waals surface area contributed by atoms with Crippen molar-refractivity contribution in [3.05, 3.63) is 24.0 Å². The van der Waals surface area contributed by atoms with Gasteiger partial charge < -0.3 is 20.5 Å². The summed E-state index contributed by atoms with van der Waals surface area (Å²) in [7, 11) is 0. The molecule has 20 heavy (non-hydrogen) atoms. The van der Waals surface area contributed by atoms with E-state index in [9.17, 15) is 9.18 Å². The zero-order chi connectivity index (χ0) is 15.2. The lowest BCUT2D eigenvalue weighted by Crippen LogP contribution is -2.33. The van der Waals surface area contributed by atoms with Crippen molar-refractivity contribution < 1.29 is 18.7 Å². The summed E-state index contributed by atoms with van der Waals surface area (Å²) in [5.41, 5.74) is 4.93. The van der Waals surface area contributed by atoms with E-state index in [1.54, 1.807) is 26.8 Å². The van der Waals surface area contributed by atoms with Gasteiger partial charge in [0.15, 0.2) is 0 Å². The monoisotopic (exact) mass is 284 g/mol. The lowest BCUT2D eigenvalue weighted by Gasteiger charge is -2.19. The SMILES string of the molecule is CC(C)(C)OC(=O)NCCCOc1ccc(N)c(F)c1. The highest BCUT2D eigenvalue weighted by atomic mass is 19.1. The van der Waals surface area contributed by atoms with Gasteiger partial charge >= 0.3 is 6.09 Å². The number of carbonyl (C=O) groups is 1. The minimum absolute atomic E-state index is 0.0870. The molecule has 0 unspecified atom stereocenters. The number of nitrogens with one attached hydrogen (secondary N) is 1. The standard InChI is InChI=1S/C14H21FN2O3/c1-14(2,3)20-13(18)17-7-4-8-19-10-5-6-12(16)11(15)9-10/h5-6,9H,4,7-8,16H2,1-3H3,(H,17,18). The maximum Gasteiger partial charge on any atom is 0.407 e. The molecular formula is C14H21FN2O3. The number of halogens is 1. The van der Waals surface area contributed by atoms with Gasteiger partial charge in [-0.3, -0.25) is 0 Å². The number of amides is 1. The lowest BCUT2D eigenvalue weighted by molar-refractivity contribution is 0.0525. The van der Waals surface area contributed by atoms with Gasteiger partial charge in [0.1, 0.15) is 17.2 Å². The van der Waals surface area contributed by atoms with Crippen LogP contribution in [0.1, 0.15) is 27.2 Å². The summed E-state index contributed by atoms with van der Waals surface area (Å²) in [6, 6.07) is 4.28. The van der Waals surface area contributed by atoms with E-state index in [-0.39, 0.29) is 5.69 Å². The van der Waals surface area contributed by atoms with Crippen LogP contribution in [0.5, 0.6) is 5.75 Å². The summed E-state index contributed by atoms with van der Waals surface area (Å²) in [5.74, 6) is -0.0941. The summed E-state index contributed by atoms with van der Waals surface area (Å²) in [5, 5.41) is 2.61. The van der Waals surface area contributed by atoms with E-state index in [1.165, 1.54) is 12.1 Å². The van der Waals surface area contributed by atoms with Crippen LogP contribution in [0, 0.1) is 5.82 Å². The molecule has 3 N–H and O–H groups in total. The van der Waals surface area contributed by atoms with Crippen molar-refractivity contribution in [1.29, 1.82) is 0 Å².